The molecule has 1 N–H and O–H groups in total. The van der Waals surface area contributed by atoms with Gasteiger partial charge in [0.25, 0.3) is 11.8 Å². The van der Waals surface area contributed by atoms with Crippen molar-refractivity contribution in [3.05, 3.63) is 71.9 Å². The van der Waals surface area contributed by atoms with Crippen molar-refractivity contribution in [3.8, 4) is 5.75 Å². The number of carbonyl (C=O) groups is 2. The van der Waals surface area contributed by atoms with Crippen LogP contribution in [0.2, 0.25) is 0 Å². The number of benzene rings is 2. The Labute approximate surface area is 179 Å². The van der Waals surface area contributed by atoms with Crippen LogP contribution < -0.4 is 15.0 Å². The summed E-state index contributed by atoms with van der Waals surface area (Å²) in [7, 11) is 1.56. The van der Waals surface area contributed by atoms with E-state index in [1.807, 2.05) is 32.0 Å². The number of nitrogens with one attached hydrogen (secondary N) is 1. The monoisotopic (exact) mass is 419 g/mol. The molecule has 2 amide bonds. The summed E-state index contributed by atoms with van der Waals surface area (Å²) < 4.78 is 5.31. The molecule has 4 rings (SSSR count). The third-order valence-electron chi connectivity index (χ3n) is 4.78. The summed E-state index contributed by atoms with van der Waals surface area (Å²) >= 11 is 1.40. The number of hydrogen-bond acceptors (Lipinski definition) is 5. The molecule has 3 aromatic rings. The highest BCUT2D eigenvalue weighted by Crippen LogP contribution is 2.41. The molecule has 1 aromatic heterocycles. The van der Waals surface area contributed by atoms with Crippen LogP contribution in [0.25, 0.3) is 0 Å². The van der Waals surface area contributed by atoms with Gasteiger partial charge in [-0.3, -0.25) is 9.59 Å². The molecule has 1 aliphatic heterocycles. The van der Waals surface area contributed by atoms with Gasteiger partial charge in [-0.2, -0.15) is 0 Å². The van der Waals surface area contributed by atoms with Crippen LogP contribution in [-0.2, 0) is 0 Å². The predicted molar refractivity (Wildman–Crippen MR) is 118 cm³/mol. The van der Waals surface area contributed by atoms with E-state index in [2.05, 4.69) is 10.3 Å². The Morgan fingerprint density at radius 2 is 1.93 bits per heavy atom. The van der Waals surface area contributed by atoms with Crippen LogP contribution in [0.3, 0.4) is 0 Å². The number of pyridine rings is 1. The van der Waals surface area contributed by atoms with E-state index >= 15 is 0 Å². The van der Waals surface area contributed by atoms with Crippen LogP contribution >= 0.6 is 11.8 Å². The summed E-state index contributed by atoms with van der Waals surface area (Å²) in [6.07, 6.45) is 1.67. The lowest BCUT2D eigenvalue weighted by molar-refractivity contribution is 0.0976. The van der Waals surface area contributed by atoms with Gasteiger partial charge < -0.3 is 15.0 Å². The Hall–Kier alpha value is -3.32. The minimum absolute atomic E-state index is 0.0451. The minimum atomic E-state index is -0.254. The lowest BCUT2D eigenvalue weighted by atomic mass is 10.1. The lowest BCUT2D eigenvalue weighted by Gasteiger charge is -2.27. The number of methoxy groups -OCH3 is 1. The minimum Gasteiger partial charge on any atom is -0.495 e. The zero-order chi connectivity index (χ0) is 21.3. The SMILES string of the molecule is COc1ccccc1NC(=O)c1ccc2c(c1)Sc1ncccc1C(=O)N2C(C)C. The molecular weight excluding hydrogens is 398 g/mol. The van der Waals surface area contributed by atoms with E-state index in [9.17, 15) is 9.59 Å². The quantitative estimate of drug-likeness (QED) is 0.654. The molecule has 1 aliphatic rings. The second-order valence-electron chi connectivity index (χ2n) is 7.06. The Morgan fingerprint density at radius 3 is 2.70 bits per heavy atom. The number of carbonyl (C=O) groups excluding carboxylic acids is 2. The number of hydrogen-bond donors (Lipinski definition) is 1. The van der Waals surface area contributed by atoms with Crippen molar-refractivity contribution < 1.29 is 14.3 Å². The van der Waals surface area contributed by atoms with Crippen molar-refractivity contribution in [2.75, 3.05) is 17.3 Å². The molecule has 152 valence electrons. The zero-order valence-corrected chi connectivity index (χ0v) is 17.7. The first kappa shape index (κ1) is 20.0. The van der Waals surface area contributed by atoms with Gasteiger partial charge in [0.2, 0.25) is 0 Å². The van der Waals surface area contributed by atoms with E-state index in [1.165, 1.54) is 11.8 Å². The number of aromatic nitrogens is 1. The van der Waals surface area contributed by atoms with Gasteiger partial charge in [0, 0.05) is 22.7 Å². The fourth-order valence-electron chi connectivity index (χ4n) is 3.37. The smallest absolute Gasteiger partial charge is 0.261 e. The van der Waals surface area contributed by atoms with Gasteiger partial charge in [0.1, 0.15) is 10.8 Å². The summed E-state index contributed by atoms with van der Waals surface area (Å²) in [4.78, 5) is 33.0. The second kappa shape index (κ2) is 8.20. The van der Waals surface area contributed by atoms with Gasteiger partial charge in [-0.05, 0) is 56.3 Å². The first-order valence-electron chi connectivity index (χ1n) is 9.54. The highest BCUT2D eigenvalue weighted by molar-refractivity contribution is 7.99. The molecular formula is C23H21N3O3S. The first-order chi connectivity index (χ1) is 14.5. The van der Waals surface area contributed by atoms with Crippen LogP contribution in [0.15, 0.2) is 70.7 Å². The number of para-hydroxylation sites is 2. The summed E-state index contributed by atoms with van der Waals surface area (Å²) in [6, 6.07) is 16.1. The number of rotatable bonds is 4. The number of amides is 2. The van der Waals surface area contributed by atoms with E-state index in [0.717, 1.165) is 10.6 Å². The molecule has 0 saturated heterocycles. The molecule has 0 spiro atoms. The number of nitrogens with zero attached hydrogens (tertiary/aromatic N) is 2. The van der Waals surface area contributed by atoms with Crippen LogP contribution in [0, 0.1) is 0 Å². The molecule has 7 heteroatoms. The van der Waals surface area contributed by atoms with Crippen LogP contribution in [-0.4, -0.2) is 29.9 Å². The van der Waals surface area contributed by atoms with Crippen LogP contribution in [0.1, 0.15) is 34.6 Å². The van der Waals surface area contributed by atoms with Gasteiger partial charge in [-0.15, -0.1) is 0 Å². The van der Waals surface area contributed by atoms with E-state index in [0.29, 0.717) is 27.6 Å². The van der Waals surface area contributed by atoms with Crippen molar-refractivity contribution in [1.29, 1.82) is 0 Å². The summed E-state index contributed by atoms with van der Waals surface area (Å²) in [6.45, 7) is 3.94. The van der Waals surface area contributed by atoms with Crippen molar-refractivity contribution in [3.63, 3.8) is 0 Å². The summed E-state index contributed by atoms with van der Waals surface area (Å²) in [5.74, 6) is 0.242. The Morgan fingerprint density at radius 1 is 1.13 bits per heavy atom. The van der Waals surface area contributed by atoms with Gasteiger partial charge in [0.15, 0.2) is 0 Å². The maximum absolute atomic E-state index is 13.2. The summed E-state index contributed by atoms with van der Waals surface area (Å²) in [5.41, 5.74) is 2.42. The molecule has 30 heavy (non-hydrogen) atoms. The van der Waals surface area contributed by atoms with Crippen molar-refractivity contribution in [2.24, 2.45) is 0 Å². The van der Waals surface area contributed by atoms with Gasteiger partial charge in [-0.25, -0.2) is 4.98 Å². The van der Waals surface area contributed by atoms with Crippen molar-refractivity contribution in [2.45, 2.75) is 29.8 Å². The predicted octanol–water partition coefficient (Wildman–Crippen LogP) is 4.86. The second-order valence-corrected chi connectivity index (χ2v) is 8.09. The van der Waals surface area contributed by atoms with Crippen molar-refractivity contribution in [1.82, 2.24) is 4.98 Å². The van der Waals surface area contributed by atoms with Crippen LogP contribution in [0.5, 0.6) is 5.75 Å². The topological polar surface area (TPSA) is 71.5 Å². The largest absolute Gasteiger partial charge is 0.495 e. The Balaban J connectivity index is 1.73. The van der Waals surface area contributed by atoms with Gasteiger partial charge in [-0.1, -0.05) is 23.9 Å². The molecule has 6 nitrogen and oxygen atoms in total. The zero-order valence-electron chi connectivity index (χ0n) is 16.9. The maximum Gasteiger partial charge on any atom is 0.261 e. The highest BCUT2D eigenvalue weighted by Gasteiger charge is 2.30. The average Bonchev–Trinajstić information content (AvgIpc) is 2.87. The molecule has 0 bridgehead atoms. The van der Waals surface area contributed by atoms with Gasteiger partial charge >= 0.3 is 0 Å². The molecule has 0 unspecified atom stereocenters. The number of ether oxygens (including phenoxy) is 1. The first-order valence-corrected chi connectivity index (χ1v) is 10.4. The molecule has 2 heterocycles. The molecule has 2 aromatic carbocycles. The average molecular weight is 420 g/mol. The number of fused-ring (bicyclic) bond motifs is 2. The van der Waals surface area contributed by atoms with Gasteiger partial charge in [0.05, 0.1) is 24.0 Å². The molecule has 0 atom stereocenters. The summed E-state index contributed by atoms with van der Waals surface area (Å²) in [5, 5.41) is 3.53. The van der Waals surface area contributed by atoms with E-state index < -0.39 is 0 Å². The van der Waals surface area contributed by atoms with Crippen LogP contribution in [0.4, 0.5) is 11.4 Å². The lowest BCUT2D eigenvalue weighted by Crippen LogP contribution is -2.37. The standard InChI is InChI=1S/C23H21N3O3S/c1-14(2)26-18-11-10-15(21(27)25-17-8-4-5-9-19(17)29-3)13-20(18)30-22-16(23(26)28)7-6-12-24-22/h4-14H,1-3H3,(H,25,27). The van der Waals surface area contributed by atoms with E-state index in [-0.39, 0.29) is 17.9 Å². The maximum atomic E-state index is 13.2. The fraction of sp³-hybridized carbons (Fsp3) is 0.174. The third-order valence-corrected chi connectivity index (χ3v) is 5.85. The normalized spacial score (nSPS) is 12.8. The fourth-order valence-corrected chi connectivity index (χ4v) is 4.41. The number of anilines is 2. The molecule has 0 aliphatic carbocycles. The molecule has 0 fully saturated rings. The highest BCUT2D eigenvalue weighted by atomic mass is 32.2. The molecule has 0 saturated carbocycles. The van der Waals surface area contributed by atoms with Crippen molar-refractivity contribution >= 4 is 35.0 Å². The Bertz CT molecular complexity index is 1130. The molecule has 0 radical (unpaired) electrons. The third kappa shape index (κ3) is 3.64. The van der Waals surface area contributed by atoms with E-state index in [1.54, 1.807) is 54.6 Å². The Kier molecular flexibility index (Phi) is 5.46. The van der Waals surface area contributed by atoms with E-state index in [4.69, 9.17) is 4.74 Å².